The SMILES string of the molecule is CCC(O)NC1=CN=CC(C2=CCC=c3[nH]nc(C4Nc5cccc(C(O)N(CC)CC)c5N4)c3=C2)C1. The molecule has 0 saturated heterocycles. The van der Waals surface area contributed by atoms with E-state index >= 15 is 0 Å². The zero-order chi connectivity index (χ0) is 25.9. The number of rotatable bonds is 9. The first-order valence-corrected chi connectivity index (χ1v) is 13.2. The van der Waals surface area contributed by atoms with E-state index in [1.54, 1.807) is 6.20 Å². The van der Waals surface area contributed by atoms with E-state index in [1.165, 1.54) is 5.57 Å². The summed E-state index contributed by atoms with van der Waals surface area (Å²) in [5.74, 6) is 0.108. The molecule has 0 radical (unpaired) electrons. The number of anilines is 2. The maximum Gasteiger partial charge on any atom is 0.143 e. The summed E-state index contributed by atoms with van der Waals surface area (Å²) in [5.41, 5.74) is 5.70. The first-order chi connectivity index (χ1) is 18.0. The minimum Gasteiger partial charge on any atom is -0.374 e. The number of nitrogens with zero attached hydrogens (tertiary/aromatic N) is 3. The van der Waals surface area contributed by atoms with E-state index in [-0.39, 0.29) is 12.1 Å². The minimum atomic E-state index is -0.684. The van der Waals surface area contributed by atoms with Crippen molar-refractivity contribution in [3.05, 3.63) is 63.6 Å². The predicted octanol–water partition coefficient (Wildman–Crippen LogP) is 2.42. The van der Waals surface area contributed by atoms with Gasteiger partial charge in [0.15, 0.2) is 0 Å². The highest BCUT2D eigenvalue weighted by Crippen LogP contribution is 2.40. The van der Waals surface area contributed by atoms with Crippen molar-refractivity contribution < 1.29 is 10.2 Å². The second-order valence-corrected chi connectivity index (χ2v) is 9.64. The monoisotopic (exact) mass is 503 g/mol. The van der Waals surface area contributed by atoms with Gasteiger partial charge < -0.3 is 26.2 Å². The van der Waals surface area contributed by atoms with Gasteiger partial charge in [0.05, 0.1) is 16.7 Å². The minimum absolute atomic E-state index is 0.108. The topological polar surface area (TPSA) is 121 Å². The van der Waals surface area contributed by atoms with Gasteiger partial charge in [0.2, 0.25) is 0 Å². The quantitative estimate of drug-likeness (QED) is 0.291. The van der Waals surface area contributed by atoms with E-state index in [2.05, 4.69) is 63.2 Å². The number of fused-ring (bicyclic) bond motifs is 2. The molecule has 1 aromatic carbocycles. The van der Waals surface area contributed by atoms with Gasteiger partial charge >= 0.3 is 0 Å². The Morgan fingerprint density at radius 3 is 2.76 bits per heavy atom. The summed E-state index contributed by atoms with van der Waals surface area (Å²) in [5, 5.41) is 41.3. The lowest BCUT2D eigenvalue weighted by molar-refractivity contribution is 0.00961. The van der Waals surface area contributed by atoms with Crippen molar-refractivity contribution in [2.75, 3.05) is 23.7 Å². The molecule has 9 heteroatoms. The van der Waals surface area contributed by atoms with Gasteiger partial charge in [0, 0.05) is 41.2 Å². The van der Waals surface area contributed by atoms with Crippen LogP contribution in [0.5, 0.6) is 0 Å². The number of nitrogens with one attached hydrogen (secondary N) is 4. The molecular weight excluding hydrogens is 466 g/mol. The molecule has 0 saturated carbocycles. The molecule has 9 nitrogen and oxygen atoms in total. The third-order valence-electron chi connectivity index (χ3n) is 7.35. The fourth-order valence-electron chi connectivity index (χ4n) is 5.20. The molecule has 2 aromatic rings. The lowest BCUT2D eigenvalue weighted by Gasteiger charge is -2.26. The summed E-state index contributed by atoms with van der Waals surface area (Å²) in [6, 6.07) is 5.97. The number of benzene rings is 1. The first kappa shape index (κ1) is 25.3. The van der Waals surface area contributed by atoms with Crippen molar-refractivity contribution >= 4 is 29.7 Å². The second kappa shape index (κ2) is 10.9. The summed E-state index contributed by atoms with van der Waals surface area (Å²) >= 11 is 0. The summed E-state index contributed by atoms with van der Waals surface area (Å²) in [6.07, 6.45) is 11.0. The average molecular weight is 504 g/mol. The molecule has 196 valence electrons. The maximum absolute atomic E-state index is 11.0. The number of para-hydroxylation sites is 1. The zero-order valence-corrected chi connectivity index (χ0v) is 21.7. The molecule has 1 aliphatic carbocycles. The molecule has 0 spiro atoms. The van der Waals surface area contributed by atoms with Crippen molar-refractivity contribution in [1.82, 2.24) is 20.4 Å². The van der Waals surface area contributed by atoms with E-state index < -0.39 is 12.5 Å². The molecule has 0 amide bonds. The van der Waals surface area contributed by atoms with Gasteiger partial charge in [-0.1, -0.05) is 45.1 Å². The van der Waals surface area contributed by atoms with Crippen molar-refractivity contribution in [1.29, 1.82) is 0 Å². The van der Waals surface area contributed by atoms with E-state index in [0.717, 1.165) is 64.8 Å². The molecule has 1 aromatic heterocycles. The lowest BCUT2D eigenvalue weighted by atomic mass is 9.92. The second-order valence-electron chi connectivity index (χ2n) is 9.64. The maximum atomic E-state index is 11.0. The molecule has 4 unspecified atom stereocenters. The Balaban J connectivity index is 1.41. The standard InChI is InChI=1S/C28H37N7O2/c1-4-24(36)30-19-13-18(15-29-16-19)17-9-7-11-22-21(14-17)26(34-33-22)27-31-23-12-8-10-20(25(23)32-27)28(37)35(5-2)6-3/h8-12,14-16,18,24,27-28,30-33,36-37H,4-7,13H2,1-3H3. The number of hydrogen-bond acceptors (Lipinski definition) is 8. The number of aliphatic hydroxyl groups excluding tert-OH is 2. The molecule has 5 rings (SSSR count). The van der Waals surface area contributed by atoms with Crippen LogP contribution in [0.2, 0.25) is 0 Å². The highest BCUT2D eigenvalue weighted by molar-refractivity contribution is 5.79. The summed E-state index contributed by atoms with van der Waals surface area (Å²) in [6.45, 7) is 7.58. The largest absolute Gasteiger partial charge is 0.374 e. The Kier molecular flexibility index (Phi) is 7.45. The Labute approximate surface area is 217 Å². The van der Waals surface area contributed by atoms with E-state index in [1.807, 2.05) is 36.2 Å². The number of hydrogen-bond donors (Lipinski definition) is 6. The fourth-order valence-corrected chi connectivity index (χ4v) is 5.20. The van der Waals surface area contributed by atoms with Crippen LogP contribution in [0.4, 0.5) is 11.4 Å². The van der Waals surface area contributed by atoms with Gasteiger partial charge in [-0.2, -0.15) is 5.10 Å². The zero-order valence-electron chi connectivity index (χ0n) is 21.7. The summed E-state index contributed by atoms with van der Waals surface area (Å²) in [7, 11) is 0. The van der Waals surface area contributed by atoms with Crippen LogP contribution in [0.1, 0.15) is 63.7 Å². The van der Waals surface area contributed by atoms with Gasteiger partial charge in [-0.3, -0.25) is 15.0 Å². The number of aliphatic hydroxyl groups is 2. The average Bonchev–Trinajstić information content (AvgIpc) is 3.46. The number of allylic oxidation sites excluding steroid dienone is 3. The Hall–Kier alpha value is -3.40. The molecule has 0 bridgehead atoms. The third kappa shape index (κ3) is 5.07. The molecule has 3 aliphatic rings. The van der Waals surface area contributed by atoms with Gasteiger partial charge in [0.25, 0.3) is 0 Å². The van der Waals surface area contributed by atoms with Crippen molar-refractivity contribution in [2.24, 2.45) is 10.9 Å². The number of aliphatic imine (C=N–C) groups is 1. The molecule has 3 heterocycles. The van der Waals surface area contributed by atoms with Crippen molar-refractivity contribution in [3.63, 3.8) is 0 Å². The van der Waals surface area contributed by atoms with Crippen LogP contribution in [-0.2, 0) is 0 Å². The van der Waals surface area contributed by atoms with Gasteiger partial charge in [-0.05, 0) is 43.6 Å². The Morgan fingerprint density at radius 2 is 1.97 bits per heavy atom. The van der Waals surface area contributed by atoms with Crippen molar-refractivity contribution in [3.8, 4) is 0 Å². The van der Waals surface area contributed by atoms with Crippen LogP contribution in [-0.4, -0.2) is 50.8 Å². The highest BCUT2D eigenvalue weighted by atomic mass is 16.3. The van der Waals surface area contributed by atoms with Crippen LogP contribution in [0, 0.1) is 5.92 Å². The number of H-pyrrole nitrogens is 1. The normalized spacial score (nSPS) is 21.8. The molecular formula is C28H37N7O2. The third-order valence-corrected chi connectivity index (χ3v) is 7.35. The lowest BCUT2D eigenvalue weighted by Crippen LogP contribution is -2.31. The van der Waals surface area contributed by atoms with Crippen LogP contribution in [0.3, 0.4) is 0 Å². The summed E-state index contributed by atoms with van der Waals surface area (Å²) in [4.78, 5) is 6.47. The highest BCUT2D eigenvalue weighted by Gasteiger charge is 2.29. The van der Waals surface area contributed by atoms with Gasteiger partial charge in [-0.25, -0.2) is 0 Å². The molecule has 37 heavy (non-hydrogen) atoms. The molecule has 4 atom stereocenters. The Bertz CT molecular complexity index is 1340. The molecule has 2 aliphatic heterocycles. The van der Waals surface area contributed by atoms with E-state index in [0.29, 0.717) is 6.42 Å². The van der Waals surface area contributed by atoms with Crippen LogP contribution < -0.4 is 26.5 Å². The number of aromatic amines is 1. The molecule has 6 N–H and O–H groups in total. The van der Waals surface area contributed by atoms with Crippen LogP contribution >= 0.6 is 0 Å². The van der Waals surface area contributed by atoms with Gasteiger partial charge in [0.1, 0.15) is 24.3 Å². The first-order valence-electron chi connectivity index (χ1n) is 13.2. The number of aromatic nitrogens is 2. The van der Waals surface area contributed by atoms with E-state index in [9.17, 15) is 10.2 Å². The van der Waals surface area contributed by atoms with Gasteiger partial charge in [-0.15, -0.1) is 0 Å². The summed E-state index contributed by atoms with van der Waals surface area (Å²) < 4.78 is 0. The smallest absolute Gasteiger partial charge is 0.143 e. The molecule has 0 fully saturated rings. The predicted molar refractivity (Wildman–Crippen MR) is 148 cm³/mol. The van der Waals surface area contributed by atoms with Crippen LogP contribution in [0.15, 0.2) is 46.7 Å². The van der Waals surface area contributed by atoms with Crippen molar-refractivity contribution in [2.45, 2.75) is 58.7 Å². The fraction of sp³-hybridized carbons (Fsp3) is 0.429. The van der Waals surface area contributed by atoms with Crippen LogP contribution in [0.25, 0.3) is 12.2 Å². The van der Waals surface area contributed by atoms with E-state index in [4.69, 9.17) is 0 Å². The Morgan fingerprint density at radius 1 is 1.14 bits per heavy atom.